The van der Waals surface area contributed by atoms with Crippen molar-refractivity contribution in [2.45, 2.75) is 13.8 Å². The molecule has 1 aromatic heterocycles. The Balaban J connectivity index is 1.93. The number of rotatable bonds is 4. The summed E-state index contributed by atoms with van der Waals surface area (Å²) in [6, 6.07) is 7.98. The molecule has 0 atom stereocenters. The van der Waals surface area contributed by atoms with Crippen LogP contribution in [0.1, 0.15) is 17.0 Å². The number of halogens is 1. The highest BCUT2D eigenvalue weighted by molar-refractivity contribution is 8.18. The van der Waals surface area contributed by atoms with E-state index in [1.165, 1.54) is 19.2 Å². The second-order valence-corrected chi connectivity index (χ2v) is 6.98. The van der Waals surface area contributed by atoms with Crippen molar-refractivity contribution in [2.75, 3.05) is 13.7 Å². The Bertz CT molecular complexity index is 963. The van der Waals surface area contributed by atoms with Gasteiger partial charge in [0.2, 0.25) is 0 Å². The van der Waals surface area contributed by atoms with Gasteiger partial charge in [-0.3, -0.25) is 19.3 Å². The van der Waals surface area contributed by atoms with Crippen LogP contribution in [0.4, 0.5) is 9.18 Å². The van der Waals surface area contributed by atoms with Gasteiger partial charge in [-0.15, -0.1) is 0 Å². The van der Waals surface area contributed by atoms with Crippen LogP contribution in [0, 0.1) is 19.7 Å². The maximum Gasteiger partial charge on any atom is 0.325 e. The second kappa shape index (κ2) is 7.40. The van der Waals surface area contributed by atoms with Crippen molar-refractivity contribution in [3.8, 4) is 5.69 Å². The standard InChI is InChI=1S/C19H17FN2O4S/c1-11-8-13(12(2)22(11)15-6-4-14(20)5-7-15)9-16-18(24)21(19(25)27-16)10-17(23)26-3/h4-9H,10H2,1-3H3/b16-9-. The third-order valence-electron chi connectivity index (χ3n) is 4.23. The molecule has 1 fully saturated rings. The molecule has 2 heterocycles. The highest BCUT2D eigenvalue weighted by Gasteiger charge is 2.36. The van der Waals surface area contributed by atoms with Gasteiger partial charge in [0.15, 0.2) is 0 Å². The van der Waals surface area contributed by atoms with Crippen LogP contribution in [0.2, 0.25) is 0 Å². The lowest BCUT2D eigenvalue weighted by Crippen LogP contribution is -2.34. The largest absolute Gasteiger partial charge is 0.468 e. The lowest BCUT2D eigenvalue weighted by molar-refractivity contribution is -0.143. The van der Waals surface area contributed by atoms with Gasteiger partial charge in [-0.05, 0) is 67.6 Å². The molecule has 0 unspecified atom stereocenters. The van der Waals surface area contributed by atoms with E-state index in [1.54, 1.807) is 18.2 Å². The normalized spacial score (nSPS) is 15.7. The van der Waals surface area contributed by atoms with Crippen LogP contribution in [0.25, 0.3) is 11.8 Å². The molecule has 2 aromatic rings. The third-order valence-corrected chi connectivity index (χ3v) is 5.14. The first kappa shape index (κ1) is 18.9. The Kier molecular flexibility index (Phi) is 5.18. The summed E-state index contributed by atoms with van der Waals surface area (Å²) in [5.41, 5.74) is 3.31. The van der Waals surface area contributed by atoms with E-state index in [4.69, 9.17) is 0 Å². The van der Waals surface area contributed by atoms with Crippen molar-refractivity contribution in [2.24, 2.45) is 0 Å². The molecule has 0 aliphatic carbocycles. The number of aromatic nitrogens is 1. The van der Waals surface area contributed by atoms with Crippen LogP contribution in [0.15, 0.2) is 35.2 Å². The molecular weight excluding hydrogens is 371 g/mol. The molecule has 2 amide bonds. The number of esters is 1. The van der Waals surface area contributed by atoms with Gasteiger partial charge >= 0.3 is 5.97 Å². The zero-order valence-corrected chi connectivity index (χ0v) is 15.8. The van der Waals surface area contributed by atoms with Crippen molar-refractivity contribution in [1.29, 1.82) is 0 Å². The Labute approximate surface area is 159 Å². The topological polar surface area (TPSA) is 68.6 Å². The molecule has 1 aliphatic rings. The van der Waals surface area contributed by atoms with Gasteiger partial charge in [0.05, 0.1) is 12.0 Å². The van der Waals surface area contributed by atoms with E-state index in [0.29, 0.717) is 0 Å². The van der Waals surface area contributed by atoms with Crippen LogP contribution in [0.5, 0.6) is 0 Å². The third kappa shape index (κ3) is 3.66. The number of benzene rings is 1. The molecule has 0 saturated carbocycles. The number of methoxy groups -OCH3 is 1. The quantitative estimate of drug-likeness (QED) is 0.593. The molecule has 6 nitrogen and oxygen atoms in total. The van der Waals surface area contributed by atoms with Gasteiger partial charge in [0.25, 0.3) is 11.1 Å². The number of imide groups is 1. The number of hydrogen-bond acceptors (Lipinski definition) is 5. The number of ether oxygens (including phenoxy) is 1. The maximum atomic E-state index is 13.2. The van der Waals surface area contributed by atoms with Crippen LogP contribution in [0.3, 0.4) is 0 Å². The minimum absolute atomic E-state index is 0.239. The number of carbonyl (C=O) groups excluding carboxylic acids is 3. The van der Waals surface area contributed by atoms with E-state index in [9.17, 15) is 18.8 Å². The lowest BCUT2D eigenvalue weighted by Gasteiger charge is -2.10. The number of aryl methyl sites for hydroxylation is 1. The fraction of sp³-hybridized carbons (Fsp3) is 0.211. The lowest BCUT2D eigenvalue weighted by atomic mass is 10.2. The van der Waals surface area contributed by atoms with Crippen LogP contribution >= 0.6 is 11.8 Å². The minimum Gasteiger partial charge on any atom is -0.468 e. The summed E-state index contributed by atoms with van der Waals surface area (Å²) in [5.74, 6) is -1.50. The average molecular weight is 388 g/mol. The molecule has 1 saturated heterocycles. The Morgan fingerprint density at radius 1 is 1.22 bits per heavy atom. The van der Waals surface area contributed by atoms with Crippen LogP contribution in [-0.4, -0.2) is 40.2 Å². The summed E-state index contributed by atoms with van der Waals surface area (Å²) in [4.78, 5) is 36.9. The Morgan fingerprint density at radius 3 is 2.52 bits per heavy atom. The predicted molar refractivity (Wildman–Crippen MR) is 99.9 cm³/mol. The van der Waals surface area contributed by atoms with Crippen molar-refractivity contribution >= 4 is 35.0 Å². The number of carbonyl (C=O) groups is 3. The fourth-order valence-corrected chi connectivity index (χ4v) is 3.72. The monoisotopic (exact) mass is 388 g/mol. The first-order valence-electron chi connectivity index (χ1n) is 8.09. The number of hydrogen-bond donors (Lipinski definition) is 0. The molecule has 0 N–H and O–H groups in total. The Hall–Kier alpha value is -2.87. The molecule has 1 aromatic carbocycles. The molecule has 0 bridgehead atoms. The Morgan fingerprint density at radius 2 is 1.89 bits per heavy atom. The van der Waals surface area contributed by atoms with Crippen molar-refractivity contribution < 1.29 is 23.5 Å². The zero-order valence-electron chi connectivity index (χ0n) is 15.0. The van der Waals surface area contributed by atoms with Gasteiger partial charge in [-0.25, -0.2) is 4.39 Å². The van der Waals surface area contributed by atoms with E-state index < -0.39 is 23.7 Å². The summed E-state index contributed by atoms with van der Waals surface area (Å²) in [5, 5.41) is -0.510. The molecular formula is C19H17FN2O4S. The van der Waals surface area contributed by atoms with Crippen molar-refractivity contribution in [3.63, 3.8) is 0 Å². The summed E-state index contributed by atoms with van der Waals surface area (Å²) in [6.45, 7) is 3.37. The number of amides is 2. The molecule has 0 radical (unpaired) electrons. The SMILES string of the molecule is COC(=O)CN1C(=O)S/C(=C\c2cc(C)n(-c3ccc(F)cc3)c2C)C1=O. The molecule has 0 spiro atoms. The highest BCUT2D eigenvalue weighted by atomic mass is 32.2. The molecule has 140 valence electrons. The smallest absolute Gasteiger partial charge is 0.325 e. The zero-order chi connectivity index (χ0) is 19.7. The predicted octanol–water partition coefficient (Wildman–Crippen LogP) is 3.44. The second-order valence-electron chi connectivity index (χ2n) is 5.98. The van der Waals surface area contributed by atoms with Crippen LogP contribution in [-0.2, 0) is 14.3 Å². The summed E-state index contributed by atoms with van der Waals surface area (Å²) >= 11 is 0.783. The van der Waals surface area contributed by atoms with E-state index in [2.05, 4.69) is 4.74 Å². The molecule has 27 heavy (non-hydrogen) atoms. The van der Waals surface area contributed by atoms with E-state index in [1.807, 2.05) is 24.5 Å². The van der Waals surface area contributed by atoms with Gasteiger partial charge in [-0.2, -0.15) is 0 Å². The van der Waals surface area contributed by atoms with E-state index in [0.717, 1.165) is 39.3 Å². The minimum atomic E-state index is -0.659. The first-order valence-corrected chi connectivity index (χ1v) is 8.90. The number of thioether (sulfide) groups is 1. The van der Waals surface area contributed by atoms with Gasteiger partial charge in [0.1, 0.15) is 12.4 Å². The number of nitrogens with zero attached hydrogens (tertiary/aromatic N) is 2. The van der Waals surface area contributed by atoms with Gasteiger partial charge in [-0.1, -0.05) is 0 Å². The van der Waals surface area contributed by atoms with E-state index >= 15 is 0 Å². The summed E-state index contributed by atoms with van der Waals surface area (Å²) < 4.78 is 19.6. The first-order chi connectivity index (χ1) is 12.8. The molecule has 3 rings (SSSR count). The van der Waals surface area contributed by atoms with Gasteiger partial charge in [0, 0.05) is 17.1 Å². The van der Waals surface area contributed by atoms with Gasteiger partial charge < -0.3 is 9.30 Å². The maximum absolute atomic E-state index is 13.2. The fourth-order valence-electron chi connectivity index (χ4n) is 2.89. The summed E-state index contributed by atoms with van der Waals surface area (Å²) in [6.07, 6.45) is 1.63. The summed E-state index contributed by atoms with van der Waals surface area (Å²) in [7, 11) is 1.20. The van der Waals surface area contributed by atoms with Crippen molar-refractivity contribution in [3.05, 3.63) is 58.0 Å². The highest BCUT2D eigenvalue weighted by Crippen LogP contribution is 2.33. The van der Waals surface area contributed by atoms with Crippen molar-refractivity contribution in [1.82, 2.24) is 9.47 Å². The van der Waals surface area contributed by atoms with E-state index in [-0.39, 0.29) is 10.7 Å². The van der Waals surface area contributed by atoms with Crippen LogP contribution < -0.4 is 0 Å². The molecule has 8 heteroatoms. The molecule has 1 aliphatic heterocycles. The average Bonchev–Trinajstić information content (AvgIpc) is 3.06.